The van der Waals surface area contributed by atoms with Crippen LogP contribution >= 0.6 is 12.4 Å². The third-order valence-corrected chi connectivity index (χ3v) is 24.7. The molecule has 21 heteroatoms. The minimum atomic E-state index is -0.997. The van der Waals surface area contributed by atoms with Crippen molar-refractivity contribution in [1.82, 2.24) is 5.32 Å². The zero-order valence-corrected chi connectivity index (χ0v) is 58.5. The number of carboxylic acid groups (broad SMARTS) is 1. The first kappa shape index (κ1) is 73.9. The Morgan fingerprint density at radius 1 is 0.517 bits per heavy atom. The maximum absolute atomic E-state index is 11.3. The molecule has 12 aliphatic carbocycles. The van der Waals surface area contributed by atoms with Crippen molar-refractivity contribution in [3.05, 3.63) is 52.2 Å². The number of nitrogens with two attached hydrogens (primary N) is 1. The first-order chi connectivity index (χ1) is 40.5. The molecular weight excluding hydrogens is 1350 g/mol. The fourth-order valence-corrected chi connectivity index (χ4v) is 20.9. The van der Waals surface area contributed by atoms with Crippen LogP contribution in [0.3, 0.4) is 0 Å². The fourth-order valence-electron chi connectivity index (χ4n) is 20.9. The number of hydrogen-bond acceptors (Lipinski definition) is 13. The average Bonchev–Trinajstić information content (AvgIpc) is 1.84. The zero-order chi connectivity index (χ0) is 61.0. The molecule has 0 aromatic carbocycles. The van der Waals surface area contributed by atoms with E-state index in [1.807, 2.05) is 0 Å². The number of nitrogens with one attached hydrogen (secondary N) is 1. The molecule has 1 aliphatic heterocycles. The minimum absolute atomic E-state index is 0. The fraction of sp³-hybridized carbons (Fsp3) is 0.939. The molecule has 0 bridgehead atoms. The summed E-state index contributed by atoms with van der Waals surface area (Å²) in [5.41, 5.74) is 5.24. The smallest absolute Gasteiger partial charge is 0.303 e. The number of amides is 1. The van der Waals surface area contributed by atoms with Crippen molar-refractivity contribution in [1.29, 1.82) is 0 Å². The number of halogens is 1. The second kappa shape index (κ2) is 33.6. The van der Waals surface area contributed by atoms with Crippen LogP contribution in [0, 0.1) is 172 Å². The van der Waals surface area contributed by atoms with Gasteiger partial charge < -0.3 is 26.4 Å². The number of nitrogens with zero attached hydrogens (tertiary/aromatic N) is 4. The summed E-state index contributed by atoms with van der Waals surface area (Å²) >= 11 is 0. The third kappa shape index (κ3) is 21.2. The summed E-state index contributed by atoms with van der Waals surface area (Å²) in [7, 11) is 0. The number of carbonyl (C=O) groups excluding carboxylic acids is 1. The van der Waals surface area contributed by atoms with E-state index in [1.54, 1.807) is 0 Å². The van der Waals surface area contributed by atoms with Crippen molar-refractivity contribution in [2.75, 3.05) is 32.7 Å². The number of carbonyl (C=O) groups is 2. The predicted octanol–water partition coefficient (Wildman–Crippen LogP) is 13.7. The van der Waals surface area contributed by atoms with E-state index in [4.69, 9.17) is 10.8 Å². The third-order valence-electron chi connectivity index (χ3n) is 24.7. The number of aliphatic hydroxyl groups is 2. The molecule has 493 valence electrons. The van der Waals surface area contributed by atoms with Crippen LogP contribution in [0.1, 0.15) is 257 Å². The Hall–Kier alpha value is -2.11. The van der Waals surface area contributed by atoms with Crippen molar-refractivity contribution < 1.29 is 88.7 Å². The van der Waals surface area contributed by atoms with Gasteiger partial charge in [0, 0.05) is 82.8 Å². The van der Waals surface area contributed by atoms with Crippen LogP contribution in [0.4, 0.5) is 0 Å². The summed E-state index contributed by atoms with van der Waals surface area (Å²) in [6.07, 6.45) is 46.0. The van der Waals surface area contributed by atoms with Crippen molar-refractivity contribution in [3.63, 3.8) is 0 Å². The van der Waals surface area contributed by atoms with E-state index in [9.17, 15) is 60.3 Å². The minimum Gasteiger partial charge on any atom is -0.481 e. The maximum atomic E-state index is 11.3. The van der Waals surface area contributed by atoms with E-state index in [1.165, 1.54) is 147 Å². The number of allylic oxidation sites excluding steroid dienone is 1. The molecule has 5 unspecified atom stereocenters. The summed E-state index contributed by atoms with van der Waals surface area (Å²) < 4.78 is 0. The van der Waals surface area contributed by atoms with Gasteiger partial charge in [0.2, 0.25) is 31.7 Å². The van der Waals surface area contributed by atoms with Gasteiger partial charge in [0.1, 0.15) is 11.2 Å². The van der Waals surface area contributed by atoms with Crippen molar-refractivity contribution in [3.8, 4) is 0 Å². The monoisotopic (exact) mass is 1460 g/mol. The molecule has 1 saturated heterocycles. The summed E-state index contributed by atoms with van der Waals surface area (Å²) in [6, 6.07) is 0. The molecule has 6 N–H and O–H groups in total. The van der Waals surface area contributed by atoms with Crippen LogP contribution in [0.15, 0.2) is 11.8 Å². The van der Waals surface area contributed by atoms with Crippen LogP contribution in [-0.2, 0) is 9.59 Å². The molecule has 1 radical (unpaired) electrons. The molecule has 13 rings (SSSR count). The maximum Gasteiger partial charge on any atom is 0.303 e. The van der Waals surface area contributed by atoms with Gasteiger partial charge in [-0.05, 0) is 185 Å². The van der Waals surface area contributed by atoms with E-state index in [0.717, 1.165) is 137 Å². The first-order valence-electron chi connectivity index (χ1n) is 34.3. The Morgan fingerprint density at radius 2 is 0.816 bits per heavy atom. The SMILES string of the molecule is CCC1(C[N+](=O)[O-])C[C@H]2CCCC[C@H]2C1.Cl.NCC1(CC(=O)O)C[C@H]2CCCC[C@H]2C1.O=C1CC2(CN1)C[C@H]1CCCC[C@H]1C2.O=[N+]([O-])C=C1C[C@H]2CCCC[C@H]2C1.O=[N+]([O-])CC1(O)C[C@H]2CCCC[C@H]2C1.O=[N+]([O-])CC1(O)C[C@H]2CCCC[C@H]2C1.[Ac]. The topological polar surface area (TPSA) is 305 Å². The largest absolute Gasteiger partial charge is 0.481 e. The van der Waals surface area contributed by atoms with Crippen LogP contribution in [0.5, 0.6) is 0 Å². The van der Waals surface area contributed by atoms with Gasteiger partial charge in [-0.2, -0.15) is 0 Å². The summed E-state index contributed by atoms with van der Waals surface area (Å²) in [6.45, 7) is 3.32. The standard InChI is InChI=1S/2C12H21NO2.C12H19NO.2C10H17NO3.C10H15NO2.Ac.ClH/c1-2-12(9-13(14)15)7-10-5-3-4-6-11(10)8-12;13-8-12(7-11(14)15)5-9-3-1-2-4-10(9)6-12;14-11-7-12(8-13-11)5-9-3-1-2-4-10(9)6-12;2*12-10(7-11(13)14)5-8-3-1-2-4-9(8)6-10;12-11(13)7-8-5-9-3-1-2-4-10(9)6-8;;/h10-11H,2-9H2,1H3;9-10H,1-8,13H2,(H,14,15);9-10H,1-8H2,(H,13,14);2*8-9,12H,1-7H2;7,9-10H,1-6H2;;1H/t10-,11+,12?;2*9-,10+,12?;2*8-,9+,10?;9-,10+;;. The second-order valence-electron chi connectivity index (χ2n) is 30.9. The molecule has 13 fully saturated rings. The molecular formula is C66H111AcClN6O13. The van der Waals surface area contributed by atoms with Gasteiger partial charge in [-0.15, -0.1) is 12.4 Å². The molecule has 0 aromatic heterocycles. The summed E-state index contributed by atoms with van der Waals surface area (Å²) in [5, 5.41) is 73.9. The molecule has 0 aromatic rings. The Labute approximate surface area is 560 Å². The van der Waals surface area contributed by atoms with Crippen LogP contribution in [-0.4, -0.2) is 90.8 Å². The van der Waals surface area contributed by atoms with Gasteiger partial charge in [-0.25, -0.2) is 0 Å². The van der Waals surface area contributed by atoms with E-state index < -0.39 is 17.2 Å². The quantitative estimate of drug-likeness (QED) is 0.0949. The van der Waals surface area contributed by atoms with Gasteiger partial charge in [-0.1, -0.05) is 148 Å². The Bertz CT molecular complexity index is 2130. The predicted molar refractivity (Wildman–Crippen MR) is 332 cm³/mol. The molecule has 17 atom stereocenters. The molecule has 1 heterocycles. The molecule has 12 saturated carbocycles. The van der Waals surface area contributed by atoms with Crippen molar-refractivity contribution in [2.45, 2.75) is 269 Å². The van der Waals surface area contributed by atoms with Crippen molar-refractivity contribution in [2.24, 2.45) is 93.0 Å². The van der Waals surface area contributed by atoms with Crippen LogP contribution < -0.4 is 11.1 Å². The van der Waals surface area contributed by atoms with Gasteiger partial charge >= 0.3 is 5.97 Å². The second-order valence-corrected chi connectivity index (χ2v) is 30.9. The summed E-state index contributed by atoms with van der Waals surface area (Å²) in [5.74, 6) is 8.39. The Morgan fingerprint density at radius 3 is 1.08 bits per heavy atom. The molecule has 1 spiro atoms. The molecule has 19 nitrogen and oxygen atoms in total. The van der Waals surface area contributed by atoms with Crippen LogP contribution in [0.25, 0.3) is 0 Å². The van der Waals surface area contributed by atoms with E-state index in [0.29, 0.717) is 67.2 Å². The van der Waals surface area contributed by atoms with E-state index in [-0.39, 0.29) is 113 Å². The van der Waals surface area contributed by atoms with E-state index in [2.05, 4.69) is 12.2 Å². The number of aliphatic carboxylic acids is 1. The first-order valence-corrected chi connectivity index (χ1v) is 34.3. The zero-order valence-electron chi connectivity index (χ0n) is 52.9. The normalized spacial score (nSPS) is 40.3. The molecule has 1 amide bonds. The number of carboxylic acids is 1. The van der Waals surface area contributed by atoms with Gasteiger partial charge in [0.05, 0.1) is 11.3 Å². The van der Waals surface area contributed by atoms with E-state index >= 15 is 0 Å². The number of rotatable bonds is 11. The number of fused-ring (bicyclic) bond motifs is 6. The molecule has 13 aliphatic rings. The number of hydrogen-bond donors (Lipinski definition) is 5. The Kier molecular flexibility index (Phi) is 28.6. The van der Waals surface area contributed by atoms with Crippen LogP contribution in [0.2, 0.25) is 0 Å². The van der Waals surface area contributed by atoms with Gasteiger partial charge in [0.15, 0.2) is 0 Å². The van der Waals surface area contributed by atoms with Gasteiger partial charge in [-0.3, -0.25) is 50.0 Å². The average molecular weight is 1460 g/mol. The molecule has 87 heavy (non-hydrogen) atoms. The van der Waals surface area contributed by atoms with Crippen molar-refractivity contribution >= 4 is 24.3 Å². The Balaban J connectivity index is 0.000000166. The van der Waals surface area contributed by atoms with Gasteiger partial charge in [0.25, 0.3) is 0 Å². The summed E-state index contributed by atoms with van der Waals surface area (Å²) in [4.78, 5) is 62.9. The number of nitro groups is 4.